The topological polar surface area (TPSA) is 71.8 Å². The molecule has 2 aromatic heterocycles. The largest absolute Gasteiger partial charge is 0.336 e. The van der Waals surface area contributed by atoms with E-state index in [1.165, 1.54) is 0 Å². The molecule has 0 unspecified atom stereocenters. The number of amides is 2. The number of rotatable bonds is 4. The summed E-state index contributed by atoms with van der Waals surface area (Å²) in [6, 6.07) is 5.47. The van der Waals surface area contributed by atoms with Gasteiger partial charge in [0, 0.05) is 30.7 Å². The molecule has 6 heteroatoms. The number of hydrogen-bond acceptors (Lipinski definition) is 3. The van der Waals surface area contributed by atoms with Gasteiger partial charge in [-0.25, -0.2) is 4.79 Å². The highest BCUT2D eigenvalue weighted by atomic mass is 16.2. The van der Waals surface area contributed by atoms with Gasteiger partial charge in [-0.1, -0.05) is 6.07 Å². The molecule has 0 aromatic carbocycles. The van der Waals surface area contributed by atoms with Crippen LogP contribution in [0.15, 0.2) is 36.8 Å². The molecule has 0 aliphatic carbocycles. The van der Waals surface area contributed by atoms with E-state index in [2.05, 4.69) is 20.7 Å². The molecule has 2 heterocycles. The second-order valence-corrected chi connectivity index (χ2v) is 4.51. The third kappa shape index (κ3) is 4.09. The first-order chi connectivity index (χ1) is 9.13. The van der Waals surface area contributed by atoms with Crippen molar-refractivity contribution in [3.63, 3.8) is 0 Å². The fraction of sp³-hybridized carbons (Fsp3) is 0.308. The predicted molar refractivity (Wildman–Crippen MR) is 72.9 cm³/mol. The van der Waals surface area contributed by atoms with E-state index < -0.39 is 0 Å². The van der Waals surface area contributed by atoms with Crippen molar-refractivity contribution in [2.75, 3.05) is 5.32 Å². The van der Waals surface area contributed by atoms with Crippen molar-refractivity contribution in [2.24, 2.45) is 0 Å². The summed E-state index contributed by atoms with van der Waals surface area (Å²) in [4.78, 5) is 15.6. The average molecular weight is 259 g/mol. The Morgan fingerprint density at radius 3 is 2.95 bits per heavy atom. The molecule has 2 aromatic rings. The van der Waals surface area contributed by atoms with Gasteiger partial charge in [0.25, 0.3) is 0 Å². The van der Waals surface area contributed by atoms with E-state index in [1.54, 1.807) is 23.1 Å². The number of nitrogens with one attached hydrogen (secondary N) is 2. The summed E-state index contributed by atoms with van der Waals surface area (Å²) >= 11 is 0. The maximum absolute atomic E-state index is 11.5. The second-order valence-electron chi connectivity index (χ2n) is 4.51. The standard InChI is InChI=1S/C13H17N5O/c1-10(2)15-13(19)16-12-5-7-18(17-12)9-11-4-3-6-14-8-11/h3-8,10H,9H2,1-2H3,(H2,15,16,17,19). The Hall–Kier alpha value is -2.37. The molecule has 2 amide bonds. The Labute approximate surface area is 111 Å². The molecule has 0 saturated heterocycles. The van der Waals surface area contributed by atoms with E-state index in [1.807, 2.05) is 32.2 Å². The van der Waals surface area contributed by atoms with Crippen LogP contribution in [-0.2, 0) is 6.54 Å². The Balaban J connectivity index is 1.94. The highest BCUT2D eigenvalue weighted by Crippen LogP contribution is 2.05. The molecule has 0 aliphatic rings. The zero-order chi connectivity index (χ0) is 13.7. The molecule has 0 atom stereocenters. The van der Waals surface area contributed by atoms with E-state index in [0.717, 1.165) is 5.56 Å². The van der Waals surface area contributed by atoms with E-state index in [4.69, 9.17) is 0 Å². The van der Waals surface area contributed by atoms with Gasteiger partial charge in [0.15, 0.2) is 5.82 Å². The summed E-state index contributed by atoms with van der Waals surface area (Å²) in [6.45, 7) is 4.43. The molecule has 0 aliphatic heterocycles. The van der Waals surface area contributed by atoms with Crippen LogP contribution >= 0.6 is 0 Å². The molecule has 6 nitrogen and oxygen atoms in total. The van der Waals surface area contributed by atoms with Crippen LogP contribution in [0.3, 0.4) is 0 Å². The number of pyridine rings is 1. The SMILES string of the molecule is CC(C)NC(=O)Nc1ccn(Cc2cccnc2)n1. The normalized spacial score (nSPS) is 10.5. The van der Waals surface area contributed by atoms with E-state index in [0.29, 0.717) is 12.4 Å². The first-order valence-corrected chi connectivity index (χ1v) is 6.13. The minimum Gasteiger partial charge on any atom is -0.336 e. The number of carbonyl (C=O) groups excluding carboxylic acids is 1. The first-order valence-electron chi connectivity index (χ1n) is 6.13. The van der Waals surface area contributed by atoms with Crippen LogP contribution in [0, 0.1) is 0 Å². The van der Waals surface area contributed by atoms with Gasteiger partial charge in [0.05, 0.1) is 6.54 Å². The number of aromatic nitrogens is 3. The van der Waals surface area contributed by atoms with Crippen LogP contribution in [0.5, 0.6) is 0 Å². The summed E-state index contributed by atoms with van der Waals surface area (Å²) in [7, 11) is 0. The minimum absolute atomic E-state index is 0.0949. The molecule has 2 rings (SSSR count). The Morgan fingerprint density at radius 1 is 1.42 bits per heavy atom. The summed E-state index contributed by atoms with van der Waals surface area (Å²) < 4.78 is 1.75. The molecule has 100 valence electrons. The fourth-order valence-corrected chi connectivity index (χ4v) is 1.61. The zero-order valence-corrected chi connectivity index (χ0v) is 11.0. The Kier molecular flexibility index (Phi) is 4.12. The molecular weight excluding hydrogens is 242 g/mol. The van der Waals surface area contributed by atoms with E-state index >= 15 is 0 Å². The van der Waals surface area contributed by atoms with Crippen molar-refractivity contribution in [1.82, 2.24) is 20.1 Å². The Bertz CT molecular complexity index is 535. The number of carbonyl (C=O) groups is 1. The maximum Gasteiger partial charge on any atom is 0.320 e. The van der Waals surface area contributed by atoms with Gasteiger partial charge in [-0.05, 0) is 25.5 Å². The summed E-state index contributed by atoms with van der Waals surface area (Å²) in [5.74, 6) is 0.530. The third-order valence-electron chi connectivity index (χ3n) is 2.37. The molecular formula is C13H17N5O. The van der Waals surface area contributed by atoms with Crippen LogP contribution in [0.2, 0.25) is 0 Å². The molecule has 0 bridgehead atoms. The number of nitrogens with zero attached hydrogens (tertiary/aromatic N) is 3. The molecule has 0 radical (unpaired) electrons. The van der Waals surface area contributed by atoms with Gasteiger partial charge in [-0.15, -0.1) is 0 Å². The van der Waals surface area contributed by atoms with Crippen LogP contribution in [0.1, 0.15) is 19.4 Å². The number of urea groups is 1. The minimum atomic E-state index is -0.248. The van der Waals surface area contributed by atoms with Gasteiger partial charge >= 0.3 is 6.03 Å². The average Bonchev–Trinajstić information content (AvgIpc) is 2.76. The lowest BCUT2D eigenvalue weighted by Crippen LogP contribution is -2.34. The van der Waals surface area contributed by atoms with Gasteiger partial charge < -0.3 is 5.32 Å². The van der Waals surface area contributed by atoms with Gasteiger partial charge in [0.1, 0.15) is 0 Å². The molecule has 19 heavy (non-hydrogen) atoms. The number of anilines is 1. The fourth-order valence-electron chi connectivity index (χ4n) is 1.61. The lowest BCUT2D eigenvalue weighted by molar-refractivity contribution is 0.250. The molecule has 2 N–H and O–H groups in total. The smallest absolute Gasteiger partial charge is 0.320 e. The van der Waals surface area contributed by atoms with Crippen LogP contribution in [0.4, 0.5) is 10.6 Å². The van der Waals surface area contributed by atoms with Crippen molar-refractivity contribution in [2.45, 2.75) is 26.4 Å². The van der Waals surface area contributed by atoms with Crippen molar-refractivity contribution < 1.29 is 4.79 Å². The van der Waals surface area contributed by atoms with E-state index in [-0.39, 0.29) is 12.1 Å². The van der Waals surface area contributed by atoms with Crippen molar-refractivity contribution in [3.8, 4) is 0 Å². The molecule has 0 spiro atoms. The van der Waals surface area contributed by atoms with Crippen molar-refractivity contribution in [3.05, 3.63) is 42.4 Å². The van der Waals surface area contributed by atoms with Gasteiger partial charge in [-0.2, -0.15) is 5.10 Å². The second kappa shape index (κ2) is 5.99. The predicted octanol–water partition coefficient (Wildman–Crippen LogP) is 1.86. The van der Waals surface area contributed by atoms with Crippen LogP contribution in [0.25, 0.3) is 0 Å². The zero-order valence-electron chi connectivity index (χ0n) is 11.0. The summed E-state index contributed by atoms with van der Waals surface area (Å²) in [6.07, 6.45) is 5.34. The van der Waals surface area contributed by atoms with Crippen molar-refractivity contribution in [1.29, 1.82) is 0 Å². The summed E-state index contributed by atoms with van der Waals surface area (Å²) in [5.41, 5.74) is 1.06. The lowest BCUT2D eigenvalue weighted by atomic mass is 10.3. The number of hydrogen-bond donors (Lipinski definition) is 2. The highest BCUT2D eigenvalue weighted by molar-refractivity contribution is 5.88. The first kappa shape index (κ1) is 13.1. The monoisotopic (exact) mass is 259 g/mol. The molecule has 0 saturated carbocycles. The molecule has 0 fully saturated rings. The van der Waals surface area contributed by atoms with Crippen molar-refractivity contribution >= 4 is 11.8 Å². The summed E-state index contributed by atoms with van der Waals surface area (Å²) in [5, 5.41) is 9.69. The maximum atomic E-state index is 11.5. The Morgan fingerprint density at radius 2 is 2.26 bits per heavy atom. The van der Waals surface area contributed by atoms with Crippen LogP contribution < -0.4 is 10.6 Å². The highest BCUT2D eigenvalue weighted by Gasteiger charge is 2.05. The quantitative estimate of drug-likeness (QED) is 0.880. The van der Waals surface area contributed by atoms with Crippen LogP contribution in [-0.4, -0.2) is 26.8 Å². The van der Waals surface area contributed by atoms with Gasteiger partial charge in [0.2, 0.25) is 0 Å². The lowest BCUT2D eigenvalue weighted by Gasteiger charge is -2.08. The van der Waals surface area contributed by atoms with Gasteiger partial charge in [-0.3, -0.25) is 15.0 Å². The van der Waals surface area contributed by atoms with E-state index in [9.17, 15) is 4.79 Å². The third-order valence-corrected chi connectivity index (χ3v) is 2.37.